The minimum Gasteiger partial charge on any atom is -0.444 e. The van der Waals surface area contributed by atoms with Crippen LogP contribution in [0.4, 0.5) is 4.79 Å². The quantitative estimate of drug-likeness (QED) is 0.794. The van der Waals surface area contributed by atoms with Crippen molar-refractivity contribution in [1.82, 2.24) is 9.80 Å². The maximum absolute atomic E-state index is 12.0. The minimum atomic E-state index is -0.404. The van der Waals surface area contributed by atoms with Gasteiger partial charge in [0.1, 0.15) is 5.60 Å². The first-order valence-electron chi connectivity index (χ1n) is 7.60. The Hall–Kier alpha value is -0.810. The van der Waals surface area contributed by atoms with Gasteiger partial charge in [-0.1, -0.05) is 0 Å². The van der Waals surface area contributed by atoms with E-state index in [0.29, 0.717) is 12.0 Å². The van der Waals surface area contributed by atoms with Gasteiger partial charge in [0.2, 0.25) is 0 Å². The molecule has 20 heavy (non-hydrogen) atoms. The molecule has 0 unspecified atom stereocenters. The number of carbonyl (C=O) groups is 1. The van der Waals surface area contributed by atoms with Crippen LogP contribution in [0.3, 0.4) is 0 Å². The van der Waals surface area contributed by atoms with Crippen molar-refractivity contribution >= 4 is 6.09 Å². The monoisotopic (exact) mass is 284 g/mol. The summed E-state index contributed by atoms with van der Waals surface area (Å²) in [6, 6.07) is 0.627. The summed E-state index contributed by atoms with van der Waals surface area (Å²) in [5.74, 6) is 0.698. The second kappa shape index (κ2) is 6.31. The summed E-state index contributed by atoms with van der Waals surface area (Å²) in [4.78, 5) is 16.3. The Kier molecular flexibility index (Phi) is 4.91. The molecule has 116 valence electrons. The fourth-order valence-electron chi connectivity index (χ4n) is 2.99. The molecule has 2 rings (SSSR count). The van der Waals surface area contributed by atoms with E-state index in [1.807, 2.05) is 25.7 Å². The van der Waals surface area contributed by atoms with Gasteiger partial charge >= 0.3 is 6.09 Å². The predicted molar refractivity (Wildman–Crippen MR) is 77.8 cm³/mol. The van der Waals surface area contributed by atoms with Crippen molar-refractivity contribution in [3.05, 3.63) is 0 Å². The Morgan fingerprint density at radius 1 is 1.20 bits per heavy atom. The smallest absolute Gasteiger partial charge is 0.410 e. The Morgan fingerprint density at radius 2 is 1.80 bits per heavy atom. The van der Waals surface area contributed by atoms with Crippen molar-refractivity contribution in [3.8, 4) is 0 Å². The van der Waals surface area contributed by atoms with Gasteiger partial charge in [-0.15, -0.1) is 0 Å². The van der Waals surface area contributed by atoms with Gasteiger partial charge in [0, 0.05) is 45.2 Å². The van der Waals surface area contributed by atoms with Gasteiger partial charge in [-0.2, -0.15) is 0 Å². The summed E-state index contributed by atoms with van der Waals surface area (Å²) in [7, 11) is 1.77. The maximum Gasteiger partial charge on any atom is 0.410 e. The number of ether oxygens (including phenoxy) is 2. The largest absolute Gasteiger partial charge is 0.444 e. The zero-order valence-corrected chi connectivity index (χ0v) is 13.2. The molecule has 0 aromatic carbocycles. The molecule has 0 aliphatic carbocycles. The van der Waals surface area contributed by atoms with Crippen molar-refractivity contribution in [1.29, 1.82) is 0 Å². The lowest BCUT2D eigenvalue weighted by molar-refractivity contribution is -0.0202. The van der Waals surface area contributed by atoms with Crippen LogP contribution in [-0.4, -0.2) is 67.4 Å². The minimum absolute atomic E-state index is 0.170. The van der Waals surface area contributed by atoms with Crippen LogP contribution in [0.25, 0.3) is 0 Å². The number of rotatable bonds is 3. The zero-order chi connectivity index (χ0) is 14.8. The van der Waals surface area contributed by atoms with E-state index in [9.17, 15) is 4.79 Å². The Morgan fingerprint density at radius 3 is 2.30 bits per heavy atom. The third kappa shape index (κ3) is 4.09. The molecule has 2 fully saturated rings. The zero-order valence-electron chi connectivity index (χ0n) is 13.2. The highest BCUT2D eigenvalue weighted by Crippen LogP contribution is 2.25. The van der Waals surface area contributed by atoms with E-state index in [2.05, 4.69) is 4.90 Å². The second-order valence-corrected chi connectivity index (χ2v) is 6.97. The molecule has 1 amide bonds. The van der Waals surface area contributed by atoms with Gasteiger partial charge in [-0.05, 0) is 33.6 Å². The number of hydrogen-bond acceptors (Lipinski definition) is 4. The molecule has 5 heteroatoms. The molecule has 2 heterocycles. The molecule has 0 bridgehead atoms. The highest BCUT2D eigenvalue weighted by Gasteiger charge is 2.35. The molecule has 0 aromatic rings. The molecule has 0 radical (unpaired) electrons. The SMILES string of the molecule is COCC1CN(C2CCN(C(=O)OC(C)(C)C)CC2)C1. The number of piperidine rings is 1. The van der Waals surface area contributed by atoms with Crippen LogP contribution in [0.5, 0.6) is 0 Å². The van der Waals surface area contributed by atoms with Gasteiger partial charge in [0.15, 0.2) is 0 Å². The third-order valence-corrected chi connectivity index (χ3v) is 4.02. The van der Waals surface area contributed by atoms with E-state index in [1.165, 1.54) is 0 Å². The van der Waals surface area contributed by atoms with Crippen molar-refractivity contribution in [2.45, 2.75) is 45.3 Å². The second-order valence-electron chi connectivity index (χ2n) is 6.97. The van der Waals surface area contributed by atoms with E-state index in [1.54, 1.807) is 7.11 Å². The summed E-state index contributed by atoms with van der Waals surface area (Å²) < 4.78 is 10.6. The first-order chi connectivity index (χ1) is 9.39. The van der Waals surface area contributed by atoms with E-state index < -0.39 is 5.60 Å². The standard InChI is InChI=1S/C15H28N2O3/c1-15(2,3)20-14(18)16-7-5-13(6-8-16)17-9-12(10-17)11-19-4/h12-13H,5-11H2,1-4H3. The fraction of sp³-hybridized carbons (Fsp3) is 0.933. The van der Waals surface area contributed by atoms with Crippen LogP contribution in [0, 0.1) is 5.92 Å². The molecule has 5 nitrogen and oxygen atoms in total. The number of likely N-dealkylation sites (tertiary alicyclic amines) is 2. The average molecular weight is 284 g/mol. The van der Waals surface area contributed by atoms with Crippen LogP contribution < -0.4 is 0 Å². The van der Waals surface area contributed by atoms with Crippen molar-refractivity contribution in [2.24, 2.45) is 5.92 Å². The molecule has 2 saturated heterocycles. The molecule has 0 saturated carbocycles. The third-order valence-electron chi connectivity index (χ3n) is 4.02. The predicted octanol–water partition coefficient (Wildman–Crippen LogP) is 1.96. The summed E-state index contributed by atoms with van der Waals surface area (Å²) in [5.41, 5.74) is -0.404. The number of methoxy groups -OCH3 is 1. The normalized spacial score (nSPS) is 22.7. The molecular formula is C15H28N2O3. The van der Waals surface area contributed by atoms with Crippen LogP contribution in [0.2, 0.25) is 0 Å². The van der Waals surface area contributed by atoms with Gasteiger partial charge in [-0.25, -0.2) is 4.79 Å². The molecule has 0 aromatic heterocycles. The fourth-order valence-corrected chi connectivity index (χ4v) is 2.99. The Labute approximate surface area is 122 Å². The topological polar surface area (TPSA) is 42.0 Å². The van der Waals surface area contributed by atoms with E-state index in [-0.39, 0.29) is 6.09 Å². The highest BCUT2D eigenvalue weighted by molar-refractivity contribution is 5.68. The van der Waals surface area contributed by atoms with Crippen molar-refractivity contribution in [2.75, 3.05) is 39.9 Å². The maximum atomic E-state index is 12.0. The molecular weight excluding hydrogens is 256 g/mol. The number of carbonyl (C=O) groups excluding carboxylic acids is 1. The molecule has 0 spiro atoms. The van der Waals surface area contributed by atoms with Gasteiger partial charge < -0.3 is 14.4 Å². The highest BCUT2D eigenvalue weighted by atomic mass is 16.6. The molecule has 2 aliphatic rings. The average Bonchev–Trinajstić information content (AvgIpc) is 2.31. The van der Waals surface area contributed by atoms with Crippen LogP contribution >= 0.6 is 0 Å². The van der Waals surface area contributed by atoms with Crippen molar-refractivity contribution < 1.29 is 14.3 Å². The van der Waals surface area contributed by atoms with E-state index in [0.717, 1.165) is 45.6 Å². The van der Waals surface area contributed by atoms with Crippen molar-refractivity contribution in [3.63, 3.8) is 0 Å². The summed E-state index contributed by atoms with van der Waals surface area (Å²) in [6.45, 7) is 10.5. The molecule has 0 atom stereocenters. The Balaban J connectivity index is 1.69. The summed E-state index contributed by atoms with van der Waals surface area (Å²) in [5, 5.41) is 0. The number of nitrogens with zero attached hydrogens (tertiary/aromatic N) is 2. The lowest BCUT2D eigenvalue weighted by atomic mass is 9.94. The lowest BCUT2D eigenvalue weighted by Crippen LogP contribution is -2.56. The van der Waals surface area contributed by atoms with Gasteiger partial charge in [0.25, 0.3) is 0 Å². The summed E-state index contributed by atoms with van der Waals surface area (Å²) >= 11 is 0. The van der Waals surface area contributed by atoms with Crippen LogP contribution in [0.1, 0.15) is 33.6 Å². The first-order valence-corrected chi connectivity index (χ1v) is 7.60. The van der Waals surface area contributed by atoms with Crippen LogP contribution in [0.15, 0.2) is 0 Å². The molecule has 2 aliphatic heterocycles. The van der Waals surface area contributed by atoms with E-state index >= 15 is 0 Å². The van der Waals surface area contributed by atoms with Gasteiger partial charge in [-0.3, -0.25) is 4.90 Å². The number of hydrogen-bond donors (Lipinski definition) is 0. The summed E-state index contributed by atoms with van der Waals surface area (Å²) in [6.07, 6.45) is 1.94. The Bertz CT molecular complexity index is 327. The number of amides is 1. The van der Waals surface area contributed by atoms with E-state index in [4.69, 9.17) is 9.47 Å². The van der Waals surface area contributed by atoms with Crippen LogP contribution in [-0.2, 0) is 9.47 Å². The molecule has 0 N–H and O–H groups in total. The van der Waals surface area contributed by atoms with Gasteiger partial charge in [0.05, 0.1) is 6.61 Å². The first kappa shape index (κ1) is 15.6. The lowest BCUT2D eigenvalue weighted by Gasteiger charge is -2.47.